The quantitative estimate of drug-likeness (QED) is 0.238. The van der Waals surface area contributed by atoms with Crippen molar-refractivity contribution in [1.82, 2.24) is 19.5 Å². The molecule has 0 spiro atoms. The number of nitrogens with zero attached hydrogens (tertiary/aromatic N) is 5. The summed E-state index contributed by atoms with van der Waals surface area (Å²) in [7, 11) is -8.52. The second-order valence-electron chi connectivity index (χ2n) is 13.1. The lowest BCUT2D eigenvalue weighted by atomic mass is 9.91. The molecule has 5 rings (SSSR count). The normalized spacial score (nSPS) is 17.9. The molecule has 0 aliphatic carbocycles. The molecule has 1 saturated heterocycles. The lowest BCUT2D eigenvalue weighted by molar-refractivity contribution is -0.137. The van der Waals surface area contributed by atoms with Crippen LogP contribution in [0.15, 0.2) is 93.3 Å². The van der Waals surface area contributed by atoms with E-state index in [1.165, 1.54) is 14.2 Å². The number of hydrogen-bond donors (Lipinski definition) is 1. The average Bonchev–Trinajstić information content (AvgIpc) is 3.53. The van der Waals surface area contributed by atoms with Crippen molar-refractivity contribution in [3.63, 3.8) is 0 Å². The number of amides is 1. The molecule has 1 N–H and O–H groups in total. The van der Waals surface area contributed by atoms with Crippen LogP contribution in [0.3, 0.4) is 0 Å². The van der Waals surface area contributed by atoms with Crippen LogP contribution in [-0.2, 0) is 31.0 Å². The standard InChI is InChI=1S/C34H38ClF3N6O6S2/c1-33(2,3)50-32(45)42-18-20-43(21-19-42)51(46,47)22-17-39-31(41-52(48,49)28-15-11-26(12-16-28)34(36,37)38)44-23-29(24-7-5-4-6-8-24)30(40-44)25-9-13-27(35)14-10-25/h4-16,29H,17-23H2,1-3H3,(H,39,41). The van der Waals surface area contributed by atoms with Gasteiger partial charge in [-0.3, -0.25) is 0 Å². The maximum Gasteiger partial charge on any atom is 0.416 e. The summed E-state index contributed by atoms with van der Waals surface area (Å²) in [5, 5.41) is 9.34. The first-order valence-electron chi connectivity index (χ1n) is 16.2. The van der Waals surface area contributed by atoms with E-state index in [0.29, 0.717) is 28.4 Å². The number of alkyl halides is 3. The molecule has 1 amide bonds. The lowest BCUT2D eigenvalue weighted by Crippen LogP contribution is -2.52. The molecule has 0 aromatic heterocycles. The van der Waals surface area contributed by atoms with Gasteiger partial charge in [0.05, 0.1) is 28.5 Å². The van der Waals surface area contributed by atoms with Crippen LogP contribution in [-0.4, -0.2) is 99.4 Å². The minimum Gasteiger partial charge on any atom is -0.444 e. The van der Waals surface area contributed by atoms with Gasteiger partial charge in [0.25, 0.3) is 10.0 Å². The number of piperazine rings is 1. The van der Waals surface area contributed by atoms with E-state index in [4.69, 9.17) is 21.4 Å². The zero-order valence-corrected chi connectivity index (χ0v) is 30.9. The predicted molar refractivity (Wildman–Crippen MR) is 191 cm³/mol. The van der Waals surface area contributed by atoms with Crippen molar-refractivity contribution >= 4 is 49.4 Å². The molecule has 0 bridgehead atoms. The summed E-state index contributed by atoms with van der Waals surface area (Å²) in [6.07, 6.45) is -5.22. The van der Waals surface area contributed by atoms with Crippen molar-refractivity contribution in [1.29, 1.82) is 0 Å². The predicted octanol–water partition coefficient (Wildman–Crippen LogP) is 5.38. The summed E-state index contributed by atoms with van der Waals surface area (Å²) in [5.41, 5.74) is 0.366. The van der Waals surface area contributed by atoms with E-state index in [0.717, 1.165) is 17.7 Å². The van der Waals surface area contributed by atoms with Gasteiger partial charge >= 0.3 is 12.3 Å². The highest BCUT2D eigenvalue weighted by atomic mass is 35.5. The van der Waals surface area contributed by atoms with Gasteiger partial charge in [-0.05, 0) is 68.3 Å². The summed E-state index contributed by atoms with van der Waals surface area (Å²) in [4.78, 5) is 13.4. The Kier molecular flexibility index (Phi) is 11.6. The third-order valence-electron chi connectivity index (χ3n) is 8.11. The van der Waals surface area contributed by atoms with Crippen LogP contribution >= 0.6 is 11.6 Å². The molecule has 2 aliphatic rings. The van der Waals surface area contributed by atoms with Gasteiger partial charge in [0.15, 0.2) is 0 Å². The van der Waals surface area contributed by atoms with E-state index < -0.39 is 54.1 Å². The van der Waals surface area contributed by atoms with E-state index in [1.807, 2.05) is 30.3 Å². The van der Waals surface area contributed by atoms with Gasteiger partial charge in [-0.2, -0.15) is 31.0 Å². The Morgan fingerprint density at radius 1 is 0.923 bits per heavy atom. The van der Waals surface area contributed by atoms with Crippen molar-refractivity contribution in [2.24, 2.45) is 9.50 Å². The minimum atomic E-state index is -4.68. The number of benzene rings is 3. The molecule has 280 valence electrons. The van der Waals surface area contributed by atoms with E-state index in [9.17, 15) is 34.8 Å². The molecule has 0 radical (unpaired) electrons. The molecule has 2 heterocycles. The van der Waals surface area contributed by atoms with Crippen LogP contribution in [0.5, 0.6) is 0 Å². The zero-order valence-electron chi connectivity index (χ0n) is 28.5. The molecule has 3 aromatic rings. The summed E-state index contributed by atoms with van der Waals surface area (Å²) in [5.74, 6) is -1.18. The van der Waals surface area contributed by atoms with Crippen LogP contribution < -0.4 is 5.32 Å². The highest BCUT2D eigenvalue weighted by Crippen LogP contribution is 2.31. The molecule has 52 heavy (non-hydrogen) atoms. The monoisotopic (exact) mass is 782 g/mol. The fourth-order valence-corrected chi connectivity index (χ4v) is 7.95. The van der Waals surface area contributed by atoms with E-state index >= 15 is 0 Å². The Morgan fingerprint density at radius 3 is 2.12 bits per heavy atom. The molecule has 1 unspecified atom stereocenters. The Hall–Kier alpha value is -4.19. The van der Waals surface area contributed by atoms with E-state index in [2.05, 4.69) is 9.71 Å². The Labute approximate surface area is 306 Å². The summed E-state index contributed by atoms with van der Waals surface area (Å²) < 4.78 is 104. The molecule has 3 aromatic carbocycles. The molecule has 2 aliphatic heterocycles. The van der Waals surface area contributed by atoms with Crippen LogP contribution in [0.4, 0.5) is 18.0 Å². The van der Waals surface area contributed by atoms with Gasteiger partial charge in [-0.1, -0.05) is 54.1 Å². The van der Waals surface area contributed by atoms with E-state index in [1.54, 1.807) is 45.0 Å². The van der Waals surface area contributed by atoms with Gasteiger partial charge in [-0.15, -0.1) is 4.40 Å². The van der Waals surface area contributed by atoms with Crippen molar-refractivity contribution in [2.75, 3.05) is 45.0 Å². The van der Waals surface area contributed by atoms with Crippen LogP contribution in [0.25, 0.3) is 0 Å². The molecule has 1 atom stereocenters. The van der Waals surface area contributed by atoms with Crippen LogP contribution in [0, 0.1) is 0 Å². The van der Waals surface area contributed by atoms with Crippen LogP contribution in [0.1, 0.15) is 43.4 Å². The number of nitrogens with one attached hydrogen (secondary N) is 1. The minimum absolute atomic E-state index is 0.0322. The van der Waals surface area contributed by atoms with E-state index in [-0.39, 0.29) is 51.1 Å². The molecular weight excluding hydrogens is 745 g/mol. The first-order valence-corrected chi connectivity index (χ1v) is 19.6. The highest BCUT2D eigenvalue weighted by molar-refractivity contribution is 7.90. The number of rotatable bonds is 8. The number of guanidine groups is 1. The van der Waals surface area contributed by atoms with Crippen molar-refractivity contribution in [2.45, 2.75) is 43.4 Å². The maximum absolute atomic E-state index is 13.5. The Bertz CT molecular complexity index is 2020. The zero-order chi connectivity index (χ0) is 37.9. The van der Waals surface area contributed by atoms with Gasteiger partial charge in [0.2, 0.25) is 16.0 Å². The molecule has 1 fully saturated rings. The number of carbonyl (C=O) groups excluding carboxylic acids is 1. The van der Waals surface area contributed by atoms with Crippen LogP contribution in [0.2, 0.25) is 5.02 Å². The maximum atomic E-state index is 13.5. The molecule has 12 nitrogen and oxygen atoms in total. The van der Waals surface area contributed by atoms with Gasteiger partial charge in [0, 0.05) is 43.7 Å². The summed E-state index contributed by atoms with van der Waals surface area (Å²) in [6, 6.07) is 19.1. The number of sulfonamides is 2. The van der Waals surface area contributed by atoms with Crippen molar-refractivity contribution < 1.29 is 39.5 Å². The first-order chi connectivity index (χ1) is 24.3. The number of hydrazone groups is 1. The van der Waals surface area contributed by atoms with Gasteiger partial charge in [-0.25, -0.2) is 18.2 Å². The average molecular weight is 783 g/mol. The largest absolute Gasteiger partial charge is 0.444 e. The van der Waals surface area contributed by atoms with Gasteiger partial charge < -0.3 is 15.0 Å². The molecule has 18 heteroatoms. The smallest absolute Gasteiger partial charge is 0.416 e. The third kappa shape index (κ3) is 9.81. The highest BCUT2D eigenvalue weighted by Gasteiger charge is 2.35. The number of carbonyl (C=O) groups is 1. The fourth-order valence-electron chi connectivity index (χ4n) is 5.51. The topological polar surface area (TPSA) is 141 Å². The number of halogens is 4. The second-order valence-corrected chi connectivity index (χ2v) is 17.2. The molecule has 0 saturated carbocycles. The molecular formula is C34H38ClF3N6O6S2. The number of hydrogen-bond acceptors (Lipinski definition) is 7. The van der Waals surface area contributed by atoms with Gasteiger partial charge in [0.1, 0.15) is 5.60 Å². The summed E-state index contributed by atoms with van der Waals surface area (Å²) in [6.45, 7) is 5.31. The lowest BCUT2D eigenvalue weighted by Gasteiger charge is -2.35. The number of ether oxygens (including phenoxy) is 1. The van der Waals surface area contributed by atoms with Crippen molar-refractivity contribution in [3.05, 3.63) is 101 Å². The fraction of sp³-hybridized carbons (Fsp3) is 0.382. The Balaban J connectivity index is 1.41. The first kappa shape index (κ1) is 39.0. The third-order valence-corrected chi connectivity index (χ3v) is 11.5. The summed E-state index contributed by atoms with van der Waals surface area (Å²) >= 11 is 6.13. The second kappa shape index (κ2) is 15.4. The SMILES string of the molecule is CC(C)(C)OC(=O)N1CCN(S(=O)(=O)CCN/C(=N\S(=O)(=O)c2ccc(C(F)(F)F)cc2)N2CC(c3ccccc3)C(c3ccc(Cl)cc3)=N2)CC1. The Morgan fingerprint density at radius 2 is 1.54 bits per heavy atom. The van der Waals surface area contributed by atoms with Crippen molar-refractivity contribution in [3.8, 4) is 0 Å².